The third-order valence-corrected chi connectivity index (χ3v) is 6.40. The Kier molecular flexibility index (Phi) is 7.03. The molecule has 1 aliphatic heterocycles. The normalized spacial score (nSPS) is 16.9. The third-order valence-electron chi connectivity index (χ3n) is 4.01. The molecule has 134 valence electrons. The lowest BCUT2D eigenvalue weighted by Gasteiger charge is -2.33. The number of piperazine rings is 1. The number of hydrogen-bond donors (Lipinski definition) is 1. The number of carbonyl (C=O) groups excluding carboxylic acids is 1. The highest BCUT2D eigenvalue weighted by Gasteiger charge is 2.30. The highest BCUT2D eigenvalue weighted by Crippen LogP contribution is 2.24. The molecule has 0 unspecified atom stereocenters. The summed E-state index contributed by atoms with van der Waals surface area (Å²) in [5.41, 5.74) is 0. The number of rotatable bonds is 7. The van der Waals surface area contributed by atoms with Gasteiger partial charge in [-0.3, -0.25) is 9.69 Å². The monoisotopic (exact) mass is 373 g/mol. The van der Waals surface area contributed by atoms with Gasteiger partial charge < -0.3 is 5.32 Å². The van der Waals surface area contributed by atoms with E-state index >= 15 is 0 Å². The lowest BCUT2D eigenvalue weighted by Crippen LogP contribution is -2.51. The van der Waals surface area contributed by atoms with Crippen molar-refractivity contribution in [3.05, 3.63) is 29.3 Å². The fourth-order valence-electron chi connectivity index (χ4n) is 2.58. The van der Waals surface area contributed by atoms with Crippen molar-refractivity contribution >= 4 is 27.5 Å². The van der Waals surface area contributed by atoms with Crippen LogP contribution in [0.15, 0.2) is 29.2 Å². The number of benzene rings is 1. The van der Waals surface area contributed by atoms with Crippen LogP contribution in [-0.4, -0.2) is 62.8 Å². The van der Waals surface area contributed by atoms with Gasteiger partial charge in [0.2, 0.25) is 15.9 Å². The Hall–Kier alpha value is -1.15. The van der Waals surface area contributed by atoms with Crippen molar-refractivity contribution in [1.29, 1.82) is 0 Å². The van der Waals surface area contributed by atoms with E-state index in [1.165, 1.54) is 10.4 Å². The van der Waals surface area contributed by atoms with Crippen LogP contribution < -0.4 is 5.32 Å². The van der Waals surface area contributed by atoms with Crippen molar-refractivity contribution in [2.75, 3.05) is 39.3 Å². The zero-order chi connectivity index (χ0) is 17.6. The molecule has 0 saturated carbocycles. The number of carbonyl (C=O) groups is 1. The molecule has 2 rings (SSSR count). The van der Waals surface area contributed by atoms with Crippen molar-refractivity contribution in [2.45, 2.75) is 24.7 Å². The molecule has 0 aliphatic carbocycles. The van der Waals surface area contributed by atoms with Crippen LogP contribution in [0.25, 0.3) is 0 Å². The van der Waals surface area contributed by atoms with E-state index in [0.717, 1.165) is 12.8 Å². The van der Waals surface area contributed by atoms with Crippen LogP contribution in [0.1, 0.15) is 19.8 Å². The number of nitrogens with one attached hydrogen (secondary N) is 1. The Morgan fingerprint density at radius 2 is 1.88 bits per heavy atom. The number of sulfonamides is 1. The summed E-state index contributed by atoms with van der Waals surface area (Å²) in [6.45, 7) is 4.85. The molecule has 0 atom stereocenters. The molecule has 1 N–H and O–H groups in total. The molecule has 0 radical (unpaired) electrons. The lowest BCUT2D eigenvalue weighted by molar-refractivity contribution is -0.122. The first kappa shape index (κ1) is 19.2. The van der Waals surface area contributed by atoms with E-state index in [9.17, 15) is 13.2 Å². The fourth-order valence-corrected chi connectivity index (χ4v) is 4.50. The van der Waals surface area contributed by atoms with E-state index in [0.29, 0.717) is 39.3 Å². The predicted molar refractivity (Wildman–Crippen MR) is 94.6 cm³/mol. The van der Waals surface area contributed by atoms with Gasteiger partial charge in [-0.2, -0.15) is 4.31 Å². The van der Waals surface area contributed by atoms with E-state index < -0.39 is 10.0 Å². The standard InChI is InChI=1S/C16H24ClN3O3S/c1-2-3-8-18-16(21)13-19-9-11-20(12-10-19)24(22,23)15-7-5-4-6-14(15)17/h4-7H,2-3,8-13H2,1H3,(H,18,21). The van der Waals surface area contributed by atoms with Gasteiger partial charge in [0.15, 0.2) is 0 Å². The first-order valence-corrected chi connectivity index (χ1v) is 10.0. The molecule has 1 aromatic rings. The zero-order valence-corrected chi connectivity index (χ0v) is 15.4. The molecule has 1 heterocycles. The summed E-state index contributed by atoms with van der Waals surface area (Å²) in [6.07, 6.45) is 2.01. The summed E-state index contributed by atoms with van der Waals surface area (Å²) in [4.78, 5) is 13.9. The van der Waals surface area contributed by atoms with E-state index in [1.54, 1.807) is 18.2 Å². The number of unbranched alkanes of at least 4 members (excludes halogenated alkanes) is 1. The Balaban J connectivity index is 1.88. The number of amides is 1. The van der Waals surface area contributed by atoms with Crippen LogP contribution in [0, 0.1) is 0 Å². The second-order valence-electron chi connectivity index (χ2n) is 5.81. The summed E-state index contributed by atoms with van der Waals surface area (Å²) < 4.78 is 26.7. The maximum atomic E-state index is 12.7. The maximum absolute atomic E-state index is 12.7. The molecular weight excluding hydrogens is 350 g/mol. The van der Waals surface area contributed by atoms with Crippen LogP contribution in [0.3, 0.4) is 0 Å². The average molecular weight is 374 g/mol. The first-order chi connectivity index (χ1) is 11.4. The Bertz CT molecular complexity index is 658. The molecule has 6 nitrogen and oxygen atoms in total. The van der Waals surface area contributed by atoms with Crippen molar-refractivity contribution in [3.8, 4) is 0 Å². The summed E-state index contributed by atoms with van der Waals surface area (Å²) in [5, 5.41) is 3.11. The highest BCUT2D eigenvalue weighted by atomic mass is 35.5. The summed E-state index contributed by atoms with van der Waals surface area (Å²) in [7, 11) is -3.59. The van der Waals surface area contributed by atoms with Crippen LogP contribution in [0.2, 0.25) is 5.02 Å². The average Bonchev–Trinajstić information content (AvgIpc) is 2.56. The van der Waals surface area contributed by atoms with Gasteiger partial charge in [-0.1, -0.05) is 37.1 Å². The van der Waals surface area contributed by atoms with Gasteiger partial charge >= 0.3 is 0 Å². The van der Waals surface area contributed by atoms with E-state index in [1.807, 2.05) is 4.90 Å². The molecular formula is C16H24ClN3O3S. The number of hydrogen-bond acceptors (Lipinski definition) is 4. The van der Waals surface area contributed by atoms with Crippen molar-refractivity contribution in [2.24, 2.45) is 0 Å². The SMILES string of the molecule is CCCCNC(=O)CN1CCN(S(=O)(=O)c2ccccc2Cl)CC1. The largest absolute Gasteiger partial charge is 0.355 e. The minimum atomic E-state index is -3.59. The molecule has 1 fully saturated rings. The van der Waals surface area contributed by atoms with Crippen LogP contribution in [-0.2, 0) is 14.8 Å². The predicted octanol–water partition coefficient (Wildman–Crippen LogP) is 1.56. The molecule has 1 saturated heterocycles. The fraction of sp³-hybridized carbons (Fsp3) is 0.562. The molecule has 24 heavy (non-hydrogen) atoms. The summed E-state index contributed by atoms with van der Waals surface area (Å²) in [5.74, 6) is -0.00846. The summed E-state index contributed by atoms with van der Waals surface area (Å²) >= 11 is 6.02. The molecule has 1 aromatic carbocycles. The molecule has 8 heteroatoms. The second kappa shape index (κ2) is 8.80. The second-order valence-corrected chi connectivity index (χ2v) is 8.13. The van der Waals surface area contributed by atoms with Crippen LogP contribution in [0.4, 0.5) is 0 Å². The molecule has 0 aromatic heterocycles. The minimum absolute atomic E-state index is 0.00846. The molecule has 0 bridgehead atoms. The molecule has 1 aliphatic rings. The first-order valence-electron chi connectivity index (χ1n) is 8.19. The van der Waals surface area contributed by atoms with Crippen molar-refractivity contribution in [3.63, 3.8) is 0 Å². The zero-order valence-electron chi connectivity index (χ0n) is 13.9. The van der Waals surface area contributed by atoms with E-state index in [4.69, 9.17) is 11.6 Å². The lowest BCUT2D eigenvalue weighted by atomic mass is 10.3. The van der Waals surface area contributed by atoms with Gasteiger partial charge in [-0.05, 0) is 18.6 Å². The van der Waals surface area contributed by atoms with Gasteiger partial charge in [-0.15, -0.1) is 0 Å². The van der Waals surface area contributed by atoms with Gasteiger partial charge in [0, 0.05) is 32.7 Å². The van der Waals surface area contributed by atoms with Crippen LogP contribution >= 0.6 is 11.6 Å². The number of halogens is 1. The minimum Gasteiger partial charge on any atom is -0.355 e. The summed E-state index contributed by atoms with van der Waals surface area (Å²) in [6, 6.07) is 6.46. The van der Waals surface area contributed by atoms with Gasteiger partial charge in [0.1, 0.15) is 4.90 Å². The van der Waals surface area contributed by atoms with Crippen molar-refractivity contribution in [1.82, 2.24) is 14.5 Å². The van der Waals surface area contributed by atoms with E-state index in [2.05, 4.69) is 12.2 Å². The molecule has 0 spiro atoms. The molecule has 1 amide bonds. The van der Waals surface area contributed by atoms with Gasteiger partial charge in [0.25, 0.3) is 0 Å². The smallest absolute Gasteiger partial charge is 0.244 e. The topological polar surface area (TPSA) is 69.7 Å². The maximum Gasteiger partial charge on any atom is 0.244 e. The Morgan fingerprint density at radius 3 is 2.50 bits per heavy atom. The van der Waals surface area contributed by atoms with Gasteiger partial charge in [0.05, 0.1) is 11.6 Å². The number of nitrogens with zero attached hydrogens (tertiary/aromatic N) is 2. The quantitative estimate of drug-likeness (QED) is 0.736. The highest BCUT2D eigenvalue weighted by molar-refractivity contribution is 7.89. The Labute approximate surface area is 148 Å². The van der Waals surface area contributed by atoms with Crippen LogP contribution in [0.5, 0.6) is 0 Å². The Morgan fingerprint density at radius 1 is 1.21 bits per heavy atom. The van der Waals surface area contributed by atoms with Crippen molar-refractivity contribution < 1.29 is 13.2 Å². The van der Waals surface area contributed by atoms with E-state index in [-0.39, 0.29) is 15.8 Å². The third kappa shape index (κ3) is 4.92. The van der Waals surface area contributed by atoms with Gasteiger partial charge in [-0.25, -0.2) is 8.42 Å².